The van der Waals surface area contributed by atoms with Gasteiger partial charge in [0.25, 0.3) is 16.8 Å². The normalized spacial score (nSPS) is 15.2. The fraction of sp³-hybridized carbons (Fsp3) is 0.294. The molecule has 220 valence electrons. The number of fused-ring (bicyclic) bond motifs is 1. The molecule has 2 aromatic carbocycles. The lowest BCUT2D eigenvalue weighted by Crippen LogP contribution is -2.53. The summed E-state index contributed by atoms with van der Waals surface area (Å²) in [6, 6.07) is 13.0. The zero-order valence-corrected chi connectivity index (χ0v) is 25.8. The number of hydrogen-bond acceptors (Lipinski definition) is 4. The van der Waals surface area contributed by atoms with Crippen LogP contribution in [0, 0.1) is 13.5 Å². The van der Waals surface area contributed by atoms with Crippen molar-refractivity contribution in [3.8, 4) is 16.8 Å². The third kappa shape index (κ3) is 5.15. The van der Waals surface area contributed by atoms with Gasteiger partial charge in [0, 0.05) is 66.0 Å². The number of rotatable bonds is 5. The average molecular weight is 596 g/mol. The highest BCUT2D eigenvalue weighted by Crippen LogP contribution is 2.42. The maximum atomic E-state index is 14.4. The molecule has 0 saturated carbocycles. The van der Waals surface area contributed by atoms with E-state index in [2.05, 4.69) is 25.3 Å². The van der Waals surface area contributed by atoms with Gasteiger partial charge in [-0.1, -0.05) is 50.2 Å². The number of nitrogens with zero attached hydrogens (tertiary/aromatic N) is 5. The van der Waals surface area contributed by atoms with Gasteiger partial charge in [-0.3, -0.25) is 19.0 Å². The molecule has 1 fully saturated rings. The first-order chi connectivity index (χ1) is 20.5. The van der Waals surface area contributed by atoms with Gasteiger partial charge in [0.15, 0.2) is 0 Å². The van der Waals surface area contributed by atoms with Crippen LogP contribution in [-0.4, -0.2) is 45.6 Å². The van der Waals surface area contributed by atoms with Crippen LogP contribution in [0.2, 0.25) is 5.02 Å². The van der Waals surface area contributed by atoms with Gasteiger partial charge in [0.05, 0.1) is 23.5 Å². The maximum absolute atomic E-state index is 14.4. The summed E-state index contributed by atoms with van der Waals surface area (Å²) in [4.78, 5) is 46.8. The Labute approximate surface area is 255 Å². The van der Waals surface area contributed by atoms with E-state index in [9.17, 15) is 14.4 Å². The Morgan fingerprint density at radius 2 is 1.86 bits per heavy atom. The standard InChI is InChI=1S/C34H34ClN5O3/c1-8-30(41)38-13-14-39(22(5)18-38)32-26-16-27(35)25(23-15-21(4)33(42)37(7)19-23)17-29(26)40(34(43)31(32)36-6)28-12-10-9-11-24(28)20(2)3/h8-12,15-17,19-20,22H,1,13-14,18H2,2-5,7H3/t22-/m0/s1. The summed E-state index contributed by atoms with van der Waals surface area (Å²) in [6.45, 7) is 20.9. The molecule has 1 amide bonds. The van der Waals surface area contributed by atoms with Crippen molar-refractivity contribution in [2.75, 3.05) is 24.5 Å². The summed E-state index contributed by atoms with van der Waals surface area (Å²) in [5, 5.41) is 1.09. The fourth-order valence-corrected chi connectivity index (χ4v) is 6.33. The van der Waals surface area contributed by atoms with Crippen LogP contribution in [-0.2, 0) is 11.8 Å². The van der Waals surface area contributed by atoms with Crippen molar-refractivity contribution in [1.82, 2.24) is 14.0 Å². The van der Waals surface area contributed by atoms with Crippen molar-refractivity contribution in [3.05, 3.63) is 110 Å². The van der Waals surface area contributed by atoms with Crippen molar-refractivity contribution in [2.24, 2.45) is 7.05 Å². The second-order valence-corrected chi connectivity index (χ2v) is 11.8. The lowest BCUT2D eigenvalue weighted by atomic mass is 9.98. The highest BCUT2D eigenvalue weighted by atomic mass is 35.5. The smallest absolute Gasteiger partial charge is 0.274 e. The Balaban J connectivity index is 1.88. The minimum absolute atomic E-state index is 0.00294. The Hall–Kier alpha value is -4.61. The molecule has 3 heterocycles. The molecule has 0 radical (unpaired) electrons. The predicted octanol–water partition coefficient (Wildman–Crippen LogP) is 6.22. The van der Waals surface area contributed by atoms with E-state index in [1.165, 1.54) is 10.6 Å². The number of benzene rings is 2. The number of halogens is 1. The van der Waals surface area contributed by atoms with Gasteiger partial charge < -0.3 is 14.4 Å². The number of aryl methyl sites for hydroxylation is 2. The molecule has 1 aliphatic heterocycles. The first-order valence-electron chi connectivity index (χ1n) is 14.2. The zero-order valence-electron chi connectivity index (χ0n) is 25.0. The maximum Gasteiger partial charge on any atom is 0.274 e. The third-order valence-corrected chi connectivity index (χ3v) is 8.51. The topological polar surface area (TPSA) is 71.9 Å². The van der Waals surface area contributed by atoms with E-state index < -0.39 is 5.56 Å². The summed E-state index contributed by atoms with van der Waals surface area (Å²) in [7, 11) is 1.70. The second kappa shape index (κ2) is 11.6. The molecule has 0 aliphatic carbocycles. The van der Waals surface area contributed by atoms with Crippen LogP contribution in [0.3, 0.4) is 0 Å². The van der Waals surface area contributed by atoms with E-state index >= 15 is 0 Å². The molecule has 0 unspecified atom stereocenters. The molecule has 1 aliphatic rings. The van der Waals surface area contributed by atoms with Crippen molar-refractivity contribution >= 4 is 39.8 Å². The number of pyridine rings is 2. The molecule has 1 atom stereocenters. The summed E-state index contributed by atoms with van der Waals surface area (Å²) < 4.78 is 3.14. The fourth-order valence-electron chi connectivity index (χ4n) is 6.06. The van der Waals surface area contributed by atoms with Gasteiger partial charge in [-0.15, -0.1) is 0 Å². The van der Waals surface area contributed by atoms with Crippen LogP contribution in [0.5, 0.6) is 0 Å². The van der Waals surface area contributed by atoms with Crippen molar-refractivity contribution in [3.63, 3.8) is 0 Å². The zero-order chi connectivity index (χ0) is 31.2. The van der Waals surface area contributed by atoms with Crippen molar-refractivity contribution in [2.45, 2.75) is 39.7 Å². The molecule has 0 spiro atoms. The lowest BCUT2D eigenvalue weighted by molar-refractivity contribution is -0.126. The van der Waals surface area contributed by atoms with E-state index in [1.807, 2.05) is 48.2 Å². The summed E-state index contributed by atoms with van der Waals surface area (Å²) in [6.07, 6.45) is 3.04. The van der Waals surface area contributed by atoms with Gasteiger partial charge in [-0.2, -0.15) is 0 Å². The molecule has 1 saturated heterocycles. The lowest BCUT2D eigenvalue weighted by Gasteiger charge is -2.42. The molecule has 4 aromatic rings. The third-order valence-electron chi connectivity index (χ3n) is 8.20. The van der Waals surface area contributed by atoms with Gasteiger partial charge in [-0.05, 0) is 55.7 Å². The largest absolute Gasteiger partial charge is 0.373 e. The summed E-state index contributed by atoms with van der Waals surface area (Å²) >= 11 is 6.99. The van der Waals surface area contributed by atoms with E-state index in [0.717, 1.165) is 11.1 Å². The van der Waals surface area contributed by atoms with E-state index in [-0.39, 0.29) is 29.1 Å². The predicted molar refractivity (Wildman–Crippen MR) is 174 cm³/mol. The Morgan fingerprint density at radius 3 is 2.49 bits per heavy atom. The molecular formula is C34H34ClN5O3. The summed E-state index contributed by atoms with van der Waals surface area (Å²) in [5.41, 5.74) is 4.23. The Morgan fingerprint density at radius 1 is 1.14 bits per heavy atom. The highest BCUT2D eigenvalue weighted by molar-refractivity contribution is 6.34. The van der Waals surface area contributed by atoms with Gasteiger partial charge in [0.1, 0.15) is 0 Å². The van der Waals surface area contributed by atoms with Crippen LogP contribution in [0.1, 0.15) is 37.8 Å². The molecule has 0 N–H and O–H groups in total. The van der Waals surface area contributed by atoms with Crippen LogP contribution < -0.4 is 16.0 Å². The van der Waals surface area contributed by atoms with Crippen LogP contribution in [0.25, 0.3) is 32.6 Å². The van der Waals surface area contributed by atoms with Crippen molar-refractivity contribution in [1.29, 1.82) is 0 Å². The van der Waals surface area contributed by atoms with E-state index in [4.69, 9.17) is 18.2 Å². The molecule has 8 nitrogen and oxygen atoms in total. The first-order valence-corrected chi connectivity index (χ1v) is 14.6. The molecule has 43 heavy (non-hydrogen) atoms. The van der Waals surface area contributed by atoms with E-state index in [1.54, 1.807) is 35.7 Å². The average Bonchev–Trinajstić information content (AvgIpc) is 2.98. The number of hydrogen-bond donors (Lipinski definition) is 0. The monoisotopic (exact) mass is 595 g/mol. The number of piperazine rings is 1. The van der Waals surface area contributed by atoms with Crippen molar-refractivity contribution < 1.29 is 4.79 Å². The number of para-hydroxylation sites is 1. The first kappa shape index (κ1) is 29.9. The SMILES string of the molecule is [C-]#[N+]c1c(N2CCN(C(=O)C=C)C[C@@H]2C)c2cc(Cl)c(-c3cc(C)c(=O)n(C)c3)cc2n(-c2ccccc2C(C)C)c1=O. The molecule has 9 heteroatoms. The Kier molecular flexibility index (Phi) is 8.04. The molecule has 0 bridgehead atoms. The minimum atomic E-state index is -0.424. The molecule has 5 rings (SSSR count). The number of carbonyl (C=O) groups excluding carboxylic acids is 1. The van der Waals surface area contributed by atoms with Crippen LogP contribution >= 0.6 is 11.6 Å². The minimum Gasteiger partial charge on any atom is -0.373 e. The molecule has 2 aromatic heterocycles. The van der Waals surface area contributed by atoms with Gasteiger partial charge >= 0.3 is 0 Å². The summed E-state index contributed by atoms with van der Waals surface area (Å²) in [5.74, 6) is -0.0366. The van der Waals surface area contributed by atoms with Crippen LogP contribution in [0.4, 0.5) is 11.4 Å². The number of anilines is 1. The van der Waals surface area contributed by atoms with E-state index in [0.29, 0.717) is 58.1 Å². The van der Waals surface area contributed by atoms with Crippen LogP contribution in [0.15, 0.2) is 70.9 Å². The Bertz CT molecular complexity index is 1920. The second-order valence-electron chi connectivity index (χ2n) is 11.4. The van der Waals surface area contributed by atoms with Gasteiger partial charge in [0.2, 0.25) is 5.91 Å². The number of carbonyl (C=O) groups is 1. The molecular weight excluding hydrogens is 562 g/mol. The number of amides is 1. The quantitative estimate of drug-likeness (QED) is 0.203. The number of aromatic nitrogens is 2. The highest BCUT2D eigenvalue weighted by Gasteiger charge is 2.31. The van der Waals surface area contributed by atoms with Gasteiger partial charge in [-0.25, -0.2) is 4.85 Å².